The molecule has 1 aromatic rings. The molecule has 0 radical (unpaired) electrons. The highest BCUT2D eigenvalue weighted by atomic mass is 19.4. The second kappa shape index (κ2) is 4.88. The molecule has 0 aliphatic heterocycles. The van der Waals surface area contributed by atoms with Crippen molar-refractivity contribution in [1.82, 2.24) is 0 Å². The van der Waals surface area contributed by atoms with E-state index in [0.717, 1.165) is 0 Å². The van der Waals surface area contributed by atoms with Gasteiger partial charge in [0.2, 0.25) is 0 Å². The first-order chi connectivity index (χ1) is 8.55. The summed E-state index contributed by atoms with van der Waals surface area (Å²) < 4.78 is 37.6. The number of hydrogen-bond acceptors (Lipinski definition) is 4. The molecule has 0 aliphatic rings. The molecule has 8 heteroatoms. The lowest BCUT2D eigenvalue weighted by molar-refractivity contribution is -0.137. The quantitative estimate of drug-likeness (QED) is 0.573. The Morgan fingerprint density at radius 1 is 1.32 bits per heavy atom. The van der Waals surface area contributed by atoms with Crippen LogP contribution in [-0.4, -0.2) is 22.9 Å². The molecule has 0 heterocycles. The summed E-state index contributed by atoms with van der Waals surface area (Å²) in [6.07, 6.45) is -4.76. The van der Waals surface area contributed by atoms with Crippen molar-refractivity contribution in [3.05, 3.63) is 28.8 Å². The van der Waals surface area contributed by atoms with Crippen LogP contribution in [0.15, 0.2) is 12.1 Å². The molecule has 0 aromatic heterocycles. The van der Waals surface area contributed by atoms with Gasteiger partial charge >= 0.3 is 12.1 Å². The smallest absolute Gasteiger partial charge is 0.416 e. The van der Waals surface area contributed by atoms with Gasteiger partial charge in [-0.15, -0.1) is 0 Å². The van der Waals surface area contributed by atoms with Crippen molar-refractivity contribution in [3.8, 4) is 0 Å². The lowest BCUT2D eigenvalue weighted by Crippen LogP contribution is -2.29. The van der Waals surface area contributed by atoms with Crippen LogP contribution in [0.5, 0.6) is 0 Å². The number of halogens is 3. The molecule has 0 saturated heterocycles. The first-order valence-electron chi connectivity index (χ1n) is 5.09. The Morgan fingerprint density at radius 2 is 1.84 bits per heavy atom. The summed E-state index contributed by atoms with van der Waals surface area (Å²) in [5, 5.41) is 8.90. The van der Waals surface area contributed by atoms with Crippen molar-refractivity contribution in [2.75, 3.05) is 5.73 Å². The van der Waals surface area contributed by atoms with Crippen LogP contribution in [0.2, 0.25) is 0 Å². The van der Waals surface area contributed by atoms with Crippen LogP contribution in [0.25, 0.3) is 0 Å². The minimum atomic E-state index is -4.76. The maximum atomic E-state index is 12.5. The predicted molar refractivity (Wildman–Crippen MR) is 60.8 cm³/mol. The number of carboxylic acid groups (broad SMARTS) is 1. The van der Waals surface area contributed by atoms with Crippen LogP contribution < -0.4 is 11.5 Å². The van der Waals surface area contributed by atoms with E-state index in [1.54, 1.807) is 0 Å². The van der Waals surface area contributed by atoms with Crippen molar-refractivity contribution in [3.63, 3.8) is 0 Å². The number of alkyl halides is 3. The summed E-state index contributed by atoms with van der Waals surface area (Å²) in [5.74, 6) is -2.51. The normalized spacial score (nSPS) is 13.1. The Morgan fingerprint density at radius 3 is 2.21 bits per heavy atom. The van der Waals surface area contributed by atoms with E-state index in [4.69, 9.17) is 16.6 Å². The summed E-state index contributed by atoms with van der Waals surface area (Å²) in [6.45, 7) is 1.28. The number of nitrogen functional groups attached to an aromatic ring is 1. The van der Waals surface area contributed by atoms with E-state index in [1.807, 2.05) is 0 Å². The van der Waals surface area contributed by atoms with Gasteiger partial charge in [-0.3, -0.25) is 4.79 Å². The van der Waals surface area contributed by atoms with Crippen molar-refractivity contribution >= 4 is 17.4 Å². The fourth-order valence-electron chi connectivity index (χ4n) is 1.50. The minimum Gasteiger partial charge on any atom is -0.478 e. The Balaban J connectivity index is 3.58. The predicted octanol–water partition coefficient (Wildman–Crippen LogP) is 1.52. The van der Waals surface area contributed by atoms with E-state index in [-0.39, 0.29) is 0 Å². The van der Waals surface area contributed by atoms with Crippen molar-refractivity contribution in [2.45, 2.75) is 19.1 Å². The number of ketones is 1. The number of Topliss-reactive ketones (excluding diaryl/α,β-unsaturated/α-hetero) is 1. The maximum Gasteiger partial charge on any atom is 0.416 e. The van der Waals surface area contributed by atoms with E-state index in [9.17, 15) is 22.8 Å². The second-order valence-electron chi connectivity index (χ2n) is 3.94. The number of nitrogens with two attached hydrogens (primary N) is 2. The maximum absolute atomic E-state index is 12.5. The zero-order chi connectivity index (χ0) is 15.0. The lowest BCUT2D eigenvalue weighted by Gasteiger charge is -2.14. The van der Waals surface area contributed by atoms with Crippen molar-refractivity contribution in [1.29, 1.82) is 0 Å². The molecule has 5 nitrogen and oxygen atoms in total. The zero-order valence-electron chi connectivity index (χ0n) is 9.78. The number of rotatable bonds is 3. The second-order valence-corrected chi connectivity index (χ2v) is 3.94. The topological polar surface area (TPSA) is 106 Å². The number of carbonyl (C=O) groups excluding carboxylic acids is 1. The molecule has 1 unspecified atom stereocenters. The lowest BCUT2D eigenvalue weighted by atomic mass is 9.95. The van der Waals surface area contributed by atoms with Gasteiger partial charge in [0.1, 0.15) is 0 Å². The van der Waals surface area contributed by atoms with Gasteiger partial charge < -0.3 is 16.6 Å². The largest absolute Gasteiger partial charge is 0.478 e. The standard InChI is InChI=1S/C11H11F3N2O3/c1-4(15)9(17)8-6(10(18)19)2-5(3-7(8)16)11(12,13)14/h2-4H,15-16H2,1H3,(H,18,19). The number of carbonyl (C=O) groups is 2. The number of anilines is 1. The summed E-state index contributed by atoms with van der Waals surface area (Å²) in [5.41, 5.74) is 7.56. The molecule has 0 fully saturated rings. The first kappa shape index (κ1) is 15.0. The molecule has 1 rings (SSSR count). The number of hydrogen-bond donors (Lipinski definition) is 3. The molecular formula is C11H11F3N2O3. The van der Waals surface area contributed by atoms with Crippen molar-refractivity contribution in [2.24, 2.45) is 5.73 Å². The molecule has 5 N–H and O–H groups in total. The minimum absolute atomic E-state index is 0.369. The Bertz CT molecular complexity index is 539. The zero-order valence-corrected chi connectivity index (χ0v) is 9.78. The van der Waals surface area contributed by atoms with E-state index in [2.05, 4.69) is 0 Å². The number of benzene rings is 1. The van der Waals surface area contributed by atoms with Crippen LogP contribution in [0.4, 0.5) is 18.9 Å². The SMILES string of the molecule is CC(N)C(=O)c1c(N)cc(C(F)(F)F)cc1C(=O)O. The van der Waals surface area contributed by atoms with E-state index in [0.29, 0.717) is 12.1 Å². The van der Waals surface area contributed by atoms with Gasteiger partial charge in [0.05, 0.1) is 22.7 Å². The number of carboxylic acids is 1. The average molecular weight is 276 g/mol. The van der Waals surface area contributed by atoms with Crippen LogP contribution in [0.3, 0.4) is 0 Å². The van der Waals surface area contributed by atoms with Gasteiger partial charge in [0.25, 0.3) is 0 Å². The summed E-state index contributed by atoms with van der Waals surface area (Å²) in [7, 11) is 0. The molecule has 19 heavy (non-hydrogen) atoms. The van der Waals surface area contributed by atoms with Gasteiger partial charge in [-0.25, -0.2) is 4.79 Å². The Kier molecular flexibility index (Phi) is 3.85. The molecule has 0 aliphatic carbocycles. The van der Waals surface area contributed by atoms with E-state index >= 15 is 0 Å². The third-order valence-corrected chi connectivity index (χ3v) is 2.39. The first-order valence-corrected chi connectivity index (χ1v) is 5.09. The molecule has 0 amide bonds. The van der Waals surface area contributed by atoms with Gasteiger partial charge in [-0.2, -0.15) is 13.2 Å². The molecule has 0 bridgehead atoms. The highest BCUT2D eigenvalue weighted by Gasteiger charge is 2.34. The van der Waals surface area contributed by atoms with E-state index in [1.165, 1.54) is 6.92 Å². The summed E-state index contributed by atoms with van der Waals surface area (Å²) in [6, 6.07) is -0.187. The number of aromatic carboxylic acids is 1. The van der Waals surface area contributed by atoms with Gasteiger partial charge in [-0.1, -0.05) is 0 Å². The molecular weight excluding hydrogens is 265 g/mol. The summed E-state index contributed by atoms with van der Waals surface area (Å²) >= 11 is 0. The highest BCUT2D eigenvalue weighted by Crippen LogP contribution is 2.33. The Labute approximate surface area is 106 Å². The van der Waals surface area contributed by atoms with E-state index < -0.39 is 46.3 Å². The van der Waals surface area contributed by atoms with Gasteiger partial charge in [-0.05, 0) is 19.1 Å². The van der Waals surface area contributed by atoms with Gasteiger partial charge in [0, 0.05) is 5.69 Å². The average Bonchev–Trinajstić information content (AvgIpc) is 2.25. The van der Waals surface area contributed by atoms with Crippen LogP contribution in [-0.2, 0) is 6.18 Å². The third kappa shape index (κ3) is 3.02. The monoisotopic (exact) mass is 276 g/mol. The fraction of sp³-hybridized carbons (Fsp3) is 0.273. The summed E-state index contributed by atoms with van der Waals surface area (Å²) in [4.78, 5) is 22.7. The molecule has 1 aromatic carbocycles. The fourth-order valence-corrected chi connectivity index (χ4v) is 1.50. The molecule has 104 valence electrons. The Hall–Kier alpha value is -2.09. The van der Waals surface area contributed by atoms with Crippen LogP contribution in [0, 0.1) is 0 Å². The molecule has 0 spiro atoms. The van der Waals surface area contributed by atoms with Crippen LogP contribution >= 0.6 is 0 Å². The third-order valence-electron chi connectivity index (χ3n) is 2.39. The van der Waals surface area contributed by atoms with Gasteiger partial charge in [0.15, 0.2) is 5.78 Å². The molecule has 1 atom stereocenters. The van der Waals surface area contributed by atoms with Crippen molar-refractivity contribution < 1.29 is 27.9 Å². The molecule has 0 saturated carbocycles. The van der Waals surface area contributed by atoms with Crippen LogP contribution in [0.1, 0.15) is 33.2 Å². The highest BCUT2D eigenvalue weighted by molar-refractivity contribution is 6.11.